The van der Waals surface area contributed by atoms with Gasteiger partial charge in [0.05, 0.1) is 11.8 Å². The van der Waals surface area contributed by atoms with E-state index in [2.05, 4.69) is 34.3 Å². The fourth-order valence-corrected chi connectivity index (χ4v) is 3.41. The predicted octanol–water partition coefficient (Wildman–Crippen LogP) is 2.13. The second-order valence-corrected chi connectivity index (χ2v) is 7.03. The van der Waals surface area contributed by atoms with E-state index < -0.39 is 0 Å². The molecule has 0 amide bonds. The molecule has 0 aromatic carbocycles. The van der Waals surface area contributed by atoms with Crippen molar-refractivity contribution in [2.24, 2.45) is 0 Å². The van der Waals surface area contributed by atoms with E-state index in [0.717, 1.165) is 55.3 Å². The number of rotatable bonds is 4. The number of fused-ring (bicyclic) bond motifs is 1. The molecule has 7 nitrogen and oxygen atoms in total. The molecular weight excluding hydrogens is 304 g/mol. The summed E-state index contributed by atoms with van der Waals surface area (Å²) in [6.07, 6.45) is 3.61. The second kappa shape index (κ2) is 6.05. The van der Waals surface area contributed by atoms with Crippen molar-refractivity contribution in [3.8, 4) is 0 Å². The Kier molecular flexibility index (Phi) is 3.88. The molecule has 0 spiro atoms. The Morgan fingerprint density at radius 1 is 1.33 bits per heavy atom. The van der Waals surface area contributed by atoms with Gasteiger partial charge in [-0.2, -0.15) is 10.1 Å². The first-order valence-electron chi connectivity index (χ1n) is 8.75. The number of hydrogen-bond acceptors (Lipinski definition) is 6. The normalized spacial score (nSPS) is 20.0. The fraction of sp³-hybridized carbons (Fsp3) is 0.588. The minimum Gasteiger partial charge on any atom is -0.391 e. The van der Waals surface area contributed by atoms with Gasteiger partial charge >= 0.3 is 0 Å². The van der Waals surface area contributed by atoms with E-state index in [9.17, 15) is 5.11 Å². The molecule has 1 saturated heterocycles. The molecule has 128 valence electrons. The van der Waals surface area contributed by atoms with Gasteiger partial charge in [-0.05, 0) is 31.6 Å². The molecule has 0 saturated carbocycles. The van der Waals surface area contributed by atoms with Gasteiger partial charge in [-0.15, -0.1) is 0 Å². The van der Waals surface area contributed by atoms with Crippen LogP contribution < -0.4 is 10.2 Å². The molecule has 3 N–H and O–H groups in total. The first kappa shape index (κ1) is 15.4. The lowest BCUT2D eigenvalue weighted by molar-refractivity contribution is 0.198. The van der Waals surface area contributed by atoms with E-state index in [1.54, 1.807) is 0 Å². The Morgan fingerprint density at radius 3 is 2.92 bits per heavy atom. The number of anilines is 3. The molecule has 2 aliphatic rings. The zero-order chi connectivity index (χ0) is 16.7. The molecule has 1 unspecified atom stereocenters. The van der Waals surface area contributed by atoms with Crippen LogP contribution in [0.4, 0.5) is 17.6 Å². The number of nitrogens with zero attached hydrogens (tertiary/aromatic N) is 4. The number of H-pyrrole nitrogens is 1. The van der Waals surface area contributed by atoms with Crippen LogP contribution in [0.2, 0.25) is 0 Å². The molecular formula is C17H24N6O. The Morgan fingerprint density at radius 2 is 2.21 bits per heavy atom. The van der Waals surface area contributed by atoms with Crippen LogP contribution in [0.3, 0.4) is 0 Å². The smallest absolute Gasteiger partial charge is 0.227 e. The molecule has 0 radical (unpaired) electrons. The summed E-state index contributed by atoms with van der Waals surface area (Å²) in [4.78, 5) is 11.6. The third-order valence-electron chi connectivity index (χ3n) is 4.83. The van der Waals surface area contributed by atoms with Gasteiger partial charge in [0.2, 0.25) is 5.95 Å². The number of aromatic nitrogens is 4. The van der Waals surface area contributed by atoms with Gasteiger partial charge in [-0.1, -0.05) is 13.8 Å². The zero-order valence-corrected chi connectivity index (χ0v) is 14.2. The van der Waals surface area contributed by atoms with Gasteiger partial charge in [0.25, 0.3) is 0 Å². The standard InChI is InChI=1S/C17H24N6O/c1-10(2)14-8-15(22-21-14)19-16-12-4-3-5-13(12)18-17(20-16)23-7-6-11(24)9-23/h8,10-11,24H,3-7,9H2,1-2H3,(H2,18,19,20,21,22). The van der Waals surface area contributed by atoms with Crippen molar-refractivity contribution in [1.82, 2.24) is 20.2 Å². The van der Waals surface area contributed by atoms with E-state index in [1.807, 2.05) is 6.07 Å². The van der Waals surface area contributed by atoms with Crippen molar-refractivity contribution in [2.45, 2.75) is 51.6 Å². The largest absolute Gasteiger partial charge is 0.391 e. The van der Waals surface area contributed by atoms with Gasteiger partial charge in [0.1, 0.15) is 5.82 Å². The van der Waals surface area contributed by atoms with Gasteiger partial charge in [-0.3, -0.25) is 5.10 Å². The monoisotopic (exact) mass is 328 g/mol. The van der Waals surface area contributed by atoms with Crippen molar-refractivity contribution in [2.75, 3.05) is 23.3 Å². The lowest BCUT2D eigenvalue weighted by atomic mass is 10.1. The van der Waals surface area contributed by atoms with Crippen LogP contribution in [0, 0.1) is 0 Å². The van der Waals surface area contributed by atoms with Crippen LogP contribution in [0.1, 0.15) is 49.6 Å². The summed E-state index contributed by atoms with van der Waals surface area (Å²) in [6, 6.07) is 2.04. The lowest BCUT2D eigenvalue weighted by Gasteiger charge is -2.18. The molecule has 1 atom stereocenters. The Labute approximate surface area is 141 Å². The van der Waals surface area contributed by atoms with E-state index in [-0.39, 0.29) is 6.10 Å². The van der Waals surface area contributed by atoms with Crippen LogP contribution in [0.15, 0.2) is 6.07 Å². The van der Waals surface area contributed by atoms with Crippen molar-refractivity contribution >= 4 is 17.6 Å². The molecule has 0 bridgehead atoms. The Balaban J connectivity index is 1.64. The van der Waals surface area contributed by atoms with E-state index >= 15 is 0 Å². The van der Waals surface area contributed by atoms with Gasteiger partial charge in [0, 0.05) is 30.4 Å². The number of nitrogens with one attached hydrogen (secondary N) is 2. The highest BCUT2D eigenvalue weighted by Gasteiger charge is 2.26. The van der Waals surface area contributed by atoms with Gasteiger partial charge in [-0.25, -0.2) is 4.98 Å². The number of aliphatic hydroxyl groups is 1. The number of β-amino-alcohol motifs (C(OH)–C–C–N with tert-alkyl or cyclic N) is 1. The van der Waals surface area contributed by atoms with E-state index in [0.29, 0.717) is 18.4 Å². The highest BCUT2D eigenvalue weighted by molar-refractivity contribution is 5.60. The van der Waals surface area contributed by atoms with Crippen LogP contribution in [-0.4, -0.2) is 44.5 Å². The summed E-state index contributed by atoms with van der Waals surface area (Å²) in [6.45, 7) is 5.68. The summed E-state index contributed by atoms with van der Waals surface area (Å²) in [5, 5.41) is 20.6. The van der Waals surface area contributed by atoms with Crippen molar-refractivity contribution in [1.29, 1.82) is 0 Å². The fourth-order valence-electron chi connectivity index (χ4n) is 3.41. The summed E-state index contributed by atoms with van der Waals surface area (Å²) >= 11 is 0. The number of aliphatic hydroxyl groups excluding tert-OH is 1. The SMILES string of the molecule is CC(C)c1cc(Nc2nc(N3CCC(O)C3)nc3c2CCC3)n[nH]1. The van der Waals surface area contributed by atoms with Crippen LogP contribution >= 0.6 is 0 Å². The first-order chi connectivity index (χ1) is 11.6. The highest BCUT2D eigenvalue weighted by Crippen LogP contribution is 2.31. The highest BCUT2D eigenvalue weighted by atomic mass is 16.3. The molecule has 2 aromatic rings. The summed E-state index contributed by atoms with van der Waals surface area (Å²) in [7, 11) is 0. The molecule has 1 fully saturated rings. The molecule has 1 aliphatic heterocycles. The van der Waals surface area contributed by atoms with E-state index in [4.69, 9.17) is 9.97 Å². The first-order valence-corrected chi connectivity index (χ1v) is 8.75. The summed E-state index contributed by atoms with van der Waals surface area (Å²) in [5.74, 6) is 2.77. The van der Waals surface area contributed by atoms with E-state index in [1.165, 1.54) is 5.56 Å². The Bertz CT molecular complexity index is 741. The maximum absolute atomic E-state index is 9.79. The summed E-state index contributed by atoms with van der Waals surface area (Å²) in [5.41, 5.74) is 3.43. The molecule has 2 aromatic heterocycles. The molecule has 1 aliphatic carbocycles. The zero-order valence-electron chi connectivity index (χ0n) is 14.2. The van der Waals surface area contributed by atoms with Crippen LogP contribution in [0.5, 0.6) is 0 Å². The second-order valence-electron chi connectivity index (χ2n) is 7.03. The average Bonchev–Trinajstić information content (AvgIpc) is 3.26. The minimum absolute atomic E-state index is 0.279. The maximum atomic E-state index is 9.79. The van der Waals surface area contributed by atoms with Gasteiger partial charge in [0.15, 0.2) is 5.82 Å². The number of aromatic amines is 1. The third kappa shape index (κ3) is 2.84. The quantitative estimate of drug-likeness (QED) is 0.796. The minimum atomic E-state index is -0.279. The van der Waals surface area contributed by atoms with Gasteiger partial charge < -0.3 is 15.3 Å². The number of aryl methyl sites for hydroxylation is 1. The maximum Gasteiger partial charge on any atom is 0.227 e. The molecule has 3 heterocycles. The van der Waals surface area contributed by atoms with Crippen LogP contribution in [0.25, 0.3) is 0 Å². The number of hydrogen-bond donors (Lipinski definition) is 3. The lowest BCUT2D eigenvalue weighted by Crippen LogP contribution is -2.24. The Hall–Kier alpha value is -2.15. The predicted molar refractivity (Wildman–Crippen MR) is 92.9 cm³/mol. The van der Waals surface area contributed by atoms with Crippen LogP contribution in [-0.2, 0) is 12.8 Å². The summed E-state index contributed by atoms with van der Waals surface area (Å²) < 4.78 is 0. The molecule has 24 heavy (non-hydrogen) atoms. The molecule has 7 heteroatoms. The average molecular weight is 328 g/mol. The van der Waals surface area contributed by atoms with Crippen molar-refractivity contribution < 1.29 is 5.11 Å². The topological polar surface area (TPSA) is 90.0 Å². The van der Waals surface area contributed by atoms with Crippen molar-refractivity contribution in [3.05, 3.63) is 23.0 Å². The van der Waals surface area contributed by atoms with Crippen molar-refractivity contribution in [3.63, 3.8) is 0 Å². The third-order valence-corrected chi connectivity index (χ3v) is 4.83. The molecule has 4 rings (SSSR count).